The van der Waals surface area contributed by atoms with E-state index < -0.39 is 51.3 Å². The van der Waals surface area contributed by atoms with E-state index in [4.69, 9.17) is 4.74 Å². The van der Waals surface area contributed by atoms with Crippen LogP contribution in [0.5, 0.6) is 5.75 Å². The molecule has 0 radical (unpaired) electrons. The van der Waals surface area contributed by atoms with E-state index in [0.717, 1.165) is 42.5 Å². The lowest BCUT2D eigenvalue weighted by molar-refractivity contribution is -0.189. The fourth-order valence-corrected chi connectivity index (χ4v) is 3.71. The summed E-state index contributed by atoms with van der Waals surface area (Å²) in [5, 5.41) is 0. The first-order valence-corrected chi connectivity index (χ1v) is 13.2. The summed E-state index contributed by atoms with van der Waals surface area (Å²) in [5.41, 5.74) is -0.105. The normalized spacial score (nSPS) is 14.3. The van der Waals surface area contributed by atoms with Gasteiger partial charge < -0.3 is 9.64 Å². The zero-order valence-corrected chi connectivity index (χ0v) is 22.0. The Morgan fingerprint density at radius 2 is 1.68 bits per heavy atom. The highest BCUT2D eigenvalue weighted by Gasteiger charge is 2.39. The molecule has 3 rings (SSSR count). The molecule has 0 unspecified atom stereocenters. The number of rotatable bonds is 4. The smallest absolute Gasteiger partial charge is 0.451 e. The van der Waals surface area contributed by atoms with Gasteiger partial charge >= 0.3 is 12.4 Å². The molecule has 0 aliphatic carbocycles. The van der Waals surface area contributed by atoms with E-state index in [-0.39, 0.29) is 35.7 Å². The zero-order valence-electron chi connectivity index (χ0n) is 21.2. The van der Waals surface area contributed by atoms with Gasteiger partial charge in [-0.25, -0.2) is 18.4 Å². The van der Waals surface area contributed by atoms with Crippen LogP contribution >= 0.6 is 0 Å². The summed E-state index contributed by atoms with van der Waals surface area (Å²) in [4.78, 5) is 20.7. The van der Waals surface area contributed by atoms with Gasteiger partial charge in [-0.2, -0.15) is 26.3 Å². The maximum absolute atomic E-state index is 13.1. The summed E-state index contributed by atoms with van der Waals surface area (Å²) in [6, 6.07) is 2.89. The molecule has 1 aromatic carbocycles. The van der Waals surface area contributed by atoms with Crippen molar-refractivity contribution >= 4 is 15.7 Å². The van der Waals surface area contributed by atoms with Gasteiger partial charge in [-0.1, -0.05) is 27.7 Å². The molecular formula is C23H29F6N3O4S. The number of sulfone groups is 1. The molecule has 1 aromatic heterocycles. The SMILES string of the molecule is CC.CC.C[C@@H](Oc1ccc(S(C)(=O)=O)cc1C(=O)N1CCc2nc(C(F)(F)F)ncc2C1)C(F)(F)F. The first-order chi connectivity index (χ1) is 17.1. The molecule has 1 aliphatic heterocycles. The van der Waals surface area contributed by atoms with Crippen LogP contribution in [0.15, 0.2) is 29.3 Å². The van der Waals surface area contributed by atoms with E-state index in [0.29, 0.717) is 0 Å². The van der Waals surface area contributed by atoms with Crippen molar-refractivity contribution in [1.29, 1.82) is 0 Å². The Bertz CT molecular complexity index is 1180. The number of hydrogen-bond acceptors (Lipinski definition) is 6. The number of benzene rings is 1. The molecule has 14 heteroatoms. The third-order valence-corrected chi connectivity index (χ3v) is 5.96. The van der Waals surface area contributed by atoms with Crippen LogP contribution in [0.25, 0.3) is 0 Å². The Balaban J connectivity index is 0.00000163. The van der Waals surface area contributed by atoms with Gasteiger partial charge in [0.15, 0.2) is 15.9 Å². The van der Waals surface area contributed by atoms with Crippen LogP contribution in [0.2, 0.25) is 0 Å². The van der Waals surface area contributed by atoms with Crippen molar-refractivity contribution in [2.24, 2.45) is 0 Å². The fraction of sp³-hybridized carbons (Fsp3) is 0.522. The lowest BCUT2D eigenvalue weighted by Gasteiger charge is -2.29. The van der Waals surface area contributed by atoms with Crippen LogP contribution in [-0.4, -0.2) is 54.3 Å². The van der Waals surface area contributed by atoms with Crippen LogP contribution in [0, 0.1) is 0 Å². The number of nitrogens with zero attached hydrogens (tertiary/aromatic N) is 3. The average Bonchev–Trinajstić information content (AvgIpc) is 2.83. The molecule has 7 nitrogen and oxygen atoms in total. The Labute approximate surface area is 211 Å². The number of alkyl halides is 6. The molecule has 208 valence electrons. The predicted molar refractivity (Wildman–Crippen MR) is 124 cm³/mol. The number of aromatic nitrogens is 2. The molecule has 2 aromatic rings. The van der Waals surface area contributed by atoms with Gasteiger partial charge in [0.2, 0.25) is 5.82 Å². The van der Waals surface area contributed by atoms with Crippen LogP contribution < -0.4 is 4.74 Å². The minimum Gasteiger partial charge on any atom is -0.480 e. The average molecular weight is 558 g/mol. The number of carbonyl (C=O) groups is 1. The summed E-state index contributed by atoms with van der Waals surface area (Å²) in [6.07, 6.45) is -10.0. The summed E-state index contributed by atoms with van der Waals surface area (Å²) in [7, 11) is -3.81. The maximum atomic E-state index is 13.1. The van der Waals surface area contributed by atoms with Crippen molar-refractivity contribution < 1.29 is 44.3 Å². The first-order valence-electron chi connectivity index (χ1n) is 11.4. The summed E-state index contributed by atoms with van der Waals surface area (Å²) in [6.45, 7) is 8.41. The molecule has 1 atom stereocenters. The quantitative estimate of drug-likeness (QED) is 0.463. The van der Waals surface area contributed by atoms with Crippen molar-refractivity contribution in [1.82, 2.24) is 14.9 Å². The highest BCUT2D eigenvalue weighted by Crippen LogP contribution is 2.32. The fourth-order valence-electron chi connectivity index (χ4n) is 3.06. The number of amides is 1. The summed E-state index contributed by atoms with van der Waals surface area (Å²) in [5.74, 6) is -2.65. The van der Waals surface area contributed by atoms with Gasteiger partial charge in [-0.05, 0) is 25.1 Å². The second kappa shape index (κ2) is 12.6. The number of fused-ring (bicyclic) bond motifs is 1. The Morgan fingerprint density at radius 1 is 1.08 bits per heavy atom. The third-order valence-electron chi connectivity index (χ3n) is 4.85. The minimum absolute atomic E-state index is 0.0619. The number of ether oxygens (including phenoxy) is 1. The van der Waals surface area contributed by atoms with Crippen molar-refractivity contribution in [3.05, 3.63) is 47.0 Å². The summed E-state index contributed by atoms with van der Waals surface area (Å²) >= 11 is 0. The lowest BCUT2D eigenvalue weighted by Crippen LogP contribution is -2.38. The lowest BCUT2D eigenvalue weighted by atomic mass is 10.1. The maximum Gasteiger partial charge on any atom is 0.451 e. The van der Waals surface area contributed by atoms with Crippen molar-refractivity contribution in [3.8, 4) is 5.75 Å². The minimum atomic E-state index is -4.74. The molecular weight excluding hydrogens is 528 g/mol. The molecule has 0 fully saturated rings. The molecule has 0 spiro atoms. The highest BCUT2D eigenvalue weighted by molar-refractivity contribution is 7.90. The van der Waals surface area contributed by atoms with Crippen molar-refractivity contribution in [2.45, 2.75) is 70.9 Å². The summed E-state index contributed by atoms with van der Waals surface area (Å²) < 4.78 is 106. The van der Waals surface area contributed by atoms with Crippen LogP contribution in [0.4, 0.5) is 26.3 Å². The van der Waals surface area contributed by atoms with E-state index >= 15 is 0 Å². The third kappa shape index (κ3) is 8.30. The van der Waals surface area contributed by atoms with E-state index in [2.05, 4.69) is 9.97 Å². The molecule has 1 aliphatic rings. The molecule has 37 heavy (non-hydrogen) atoms. The second-order valence-electron chi connectivity index (χ2n) is 7.37. The first kappa shape index (κ1) is 32.1. The topological polar surface area (TPSA) is 89.5 Å². The monoisotopic (exact) mass is 557 g/mol. The standard InChI is InChI=1S/C19H17F6N3O4S.2C2H6/c1-10(18(20,21)22)32-15-4-3-12(33(2,30)31)7-13(15)16(29)28-6-5-14-11(9-28)8-26-17(27-14)19(23,24)25;2*1-2/h3-4,7-8,10H,5-6,9H2,1-2H3;2*1-2H3/t10-;;/m1../s1. The molecule has 0 saturated carbocycles. The van der Waals surface area contributed by atoms with E-state index in [1.54, 1.807) is 0 Å². The largest absolute Gasteiger partial charge is 0.480 e. The van der Waals surface area contributed by atoms with Crippen molar-refractivity contribution in [3.63, 3.8) is 0 Å². The molecule has 1 amide bonds. The van der Waals surface area contributed by atoms with E-state index in [1.807, 2.05) is 27.7 Å². The number of hydrogen-bond donors (Lipinski definition) is 0. The van der Waals surface area contributed by atoms with Gasteiger partial charge in [0.1, 0.15) is 5.75 Å². The number of carbonyl (C=O) groups excluding carboxylic acids is 1. The van der Waals surface area contributed by atoms with Gasteiger partial charge in [0.25, 0.3) is 5.91 Å². The Morgan fingerprint density at radius 3 is 2.19 bits per heavy atom. The predicted octanol–water partition coefficient (Wildman–Crippen LogP) is 5.48. The van der Waals surface area contributed by atoms with Crippen LogP contribution in [0.3, 0.4) is 0 Å². The van der Waals surface area contributed by atoms with Gasteiger partial charge in [-0.15, -0.1) is 0 Å². The molecule has 0 bridgehead atoms. The van der Waals surface area contributed by atoms with Gasteiger partial charge in [0, 0.05) is 37.5 Å². The Kier molecular flexibility index (Phi) is 10.9. The second-order valence-corrected chi connectivity index (χ2v) is 9.39. The van der Waals surface area contributed by atoms with Gasteiger partial charge in [-0.3, -0.25) is 4.79 Å². The van der Waals surface area contributed by atoms with E-state index in [9.17, 15) is 39.6 Å². The van der Waals surface area contributed by atoms with Crippen LogP contribution in [-0.2, 0) is 29.0 Å². The molecule has 0 saturated heterocycles. The van der Waals surface area contributed by atoms with Gasteiger partial charge in [0.05, 0.1) is 16.2 Å². The molecule has 2 heterocycles. The molecule has 0 N–H and O–H groups in total. The highest BCUT2D eigenvalue weighted by atomic mass is 32.2. The van der Waals surface area contributed by atoms with Crippen LogP contribution in [0.1, 0.15) is 62.1 Å². The van der Waals surface area contributed by atoms with Crippen molar-refractivity contribution in [2.75, 3.05) is 12.8 Å². The Hall–Kier alpha value is -2.90. The zero-order chi connectivity index (χ0) is 28.8. The van der Waals surface area contributed by atoms with E-state index in [1.165, 1.54) is 0 Å². The number of halogens is 6.